The summed E-state index contributed by atoms with van der Waals surface area (Å²) >= 11 is 0. The summed E-state index contributed by atoms with van der Waals surface area (Å²) in [6, 6.07) is 8.90. The molecule has 1 amide bonds. The molecular formula is C22H31N5O. The minimum atomic E-state index is -0.0931. The van der Waals surface area contributed by atoms with E-state index in [2.05, 4.69) is 63.1 Å². The van der Waals surface area contributed by atoms with Crippen LogP contribution in [0.2, 0.25) is 0 Å². The first-order valence-corrected chi connectivity index (χ1v) is 10.5. The van der Waals surface area contributed by atoms with E-state index in [0.717, 1.165) is 57.1 Å². The van der Waals surface area contributed by atoms with Crippen LogP contribution in [0, 0.1) is 5.92 Å². The van der Waals surface area contributed by atoms with E-state index < -0.39 is 0 Å². The maximum absolute atomic E-state index is 12.1. The van der Waals surface area contributed by atoms with Crippen molar-refractivity contribution in [2.75, 3.05) is 13.1 Å². The van der Waals surface area contributed by atoms with Gasteiger partial charge in [-0.25, -0.2) is 0 Å². The van der Waals surface area contributed by atoms with Crippen molar-refractivity contribution in [3.63, 3.8) is 0 Å². The van der Waals surface area contributed by atoms with E-state index in [1.54, 1.807) is 0 Å². The van der Waals surface area contributed by atoms with Gasteiger partial charge < -0.3 is 9.88 Å². The van der Waals surface area contributed by atoms with Crippen LogP contribution in [0.4, 0.5) is 0 Å². The van der Waals surface area contributed by atoms with Crippen molar-refractivity contribution in [3.8, 4) is 0 Å². The molecule has 6 nitrogen and oxygen atoms in total. The van der Waals surface area contributed by atoms with Gasteiger partial charge >= 0.3 is 0 Å². The van der Waals surface area contributed by atoms with E-state index in [1.807, 2.05) is 6.92 Å². The molecule has 0 radical (unpaired) electrons. The third kappa shape index (κ3) is 4.27. The number of nitrogens with one attached hydrogen (secondary N) is 1. The third-order valence-electron chi connectivity index (χ3n) is 5.89. The van der Waals surface area contributed by atoms with Crippen molar-refractivity contribution in [2.24, 2.45) is 5.92 Å². The van der Waals surface area contributed by atoms with Gasteiger partial charge in [-0.05, 0) is 36.8 Å². The van der Waals surface area contributed by atoms with Crippen molar-refractivity contribution in [3.05, 3.63) is 47.0 Å². The Bertz CT molecular complexity index is 822. The number of amides is 1. The van der Waals surface area contributed by atoms with Crippen LogP contribution in [0.5, 0.6) is 0 Å². The summed E-state index contributed by atoms with van der Waals surface area (Å²) in [4.78, 5) is 14.6. The van der Waals surface area contributed by atoms with E-state index >= 15 is 0 Å². The smallest absolute Gasteiger partial charge is 0.223 e. The minimum absolute atomic E-state index is 0.0931. The lowest BCUT2D eigenvalue weighted by Gasteiger charge is -2.20. The van der Waals surface area contributed by atoms with Crippen LogP contribution in [0.1, 0.15) is 68.3 Å². The van der Waals surface area contributed by atoms with Crippen LogP contribution < -0.4 is 5.32 Å². The molecule has 1 atom stereocenters. The Morgan fingerprint density at radius 1 is 1.11 bits per heavy atom. The molecule has 0 spiro atoms. The maximum atomic E-state index is 12.1. The van der Waals surface area contributed by atoms with E-state index in [1.165, 1.54) is 11.1 Å². The molecule has 2 aromatic rings. The number of aromatic nitrogens is 3. The predicted molar refractivity (Wildman–Crippen MR) is 109 cm³/mol. The number of benzene rings is 1. The topological polar surface area (TPSA) is 63.1 Å². The van der Waals surface area contributed by atoms with Crippen molar-refractivity contribution in [2.45, 2.75) is 65.1 Å². The number of carbonyl (C=O) groups excluding carboxylic acids is 1. The molecule has 1 fully saturated rings. The predicted octanol–water partition coefficient (Wildman–Crippen LogP) is 3.05. The highest BCUT2D eigenvalue weighted by atomic mass is 16.2. The highest BCUT2D eigenvalue weighted by Crippen LogP contribution is 2.29. The second-order valence-electron chi connectivity index (χ2n) is 8.55. The van der Waals surface area contributed by atoms with E-state index in [0.29, 0.717) is 5.92 Å². The molecular weight excluding hydrogens is 350 g/mol. The number of fused-ring (bicyclic) bond motifs is 1. The summed E-state index contributed by atoms with van der Waals surface area (Å²) in [7, 11) is 0. The van der Waals surface area contributed by atoms with E-state index in [9.17, 15) is 4.79 Å². The average Bonchev–Trinajstić information content (AvgIpc) is 3.47. The van der Waals surface area contributed by atoms with Crippen molar-refractivity contribution >= 4 is 5.91 Å². The first-order valence-electron chi connectivity index (χ1n) is 10.5. The van der Waals surface area contributed by atoms with Gasteiger partial charge in [0.25, 0.3) is 0 Å². The highest BCUT2D eigenvalue weighted by Gasteiger charge is 2.31. The van der Waals surface area contributed by atoms with Gasteiger partial charge in [-0.3, -0.25) is 9.69 Å². The van der Waals surface area contributed by atoms with Crippen LogP contribution in [-0.2, 0) is 24.3 Å². The highest BCUT2D eigenvalue weighted by molar-refractivity contribution is 5.81. The van der Waals surface area contributed by atoms with Gasteiger partial charge in [-0.1, -0.05) is 38.1 Å². The molecule has 0 unspecified atom stereocenters. The number of carbonyl (C=O) groups is 1. The fourth-order valence-corrected chi connectivity index (χ4v) is 3.87. The van der Waals surface area contributed by atoms with Gasteiger partial charge in [-0.2, -0.15) is 0 Å². The first-order chi connectivity index (χ1) is 13.5. The van der Waals surface area contributed by atoms with Gasteiger partial charge in [0, 0.05) is 38.5 Å². The van der Waals surface area contributed by atoms with Crippen molar-refractivity contribution < 1.29 is 4.79 Å². The first kappa shape index (κ1) is 19.1. The summed E-state index contributed by atoms with van der Waals surface area (Å²) in [6.45, 7) is 10.2. The second-order valence-corrected chi connectivity index (χ2v) is 8.55. The third-order valence-corrected chi connectivity index (χ3v) is 5.89. The molecule has 0 saturated heterocycles. The lowest BCUT2D eigenvalue weighted by atomic mass is 10.0. The van der Waals surface area contributed by atoms with Gasteiger partial charge in [0.1, 0.15) is 5.82 Å². The molecule has 4 rings (SSSR count). The molecule has 1 aliphatic heterocycles. The summed E-state index contributed by atoms with van der Waals surface area (Å²) < 4.78 is 2.21. The van der Waals surface area contributed by atoms with Crippen molar-refractivity contribution in [1.29, 1.82) is 0 Å². The van der Waals surface area contributed by atoms with E-state index in [4.69, 9.17) is 0 Å². The fourth-order valence-electron chi connectivity index (χ4n) is 3.87. The molecule has 2 aliphatic rings. The summed E-state index contributed by atoms with van der Waals surface area (Å²) in [6.07, 6.45) is 2.92. The molecule has 1 saturated carbocycles. The zero-order valence-corrected chi connectivity index (χ0v) is 17.2. The largest absolute Gasteiger partial charge is 0.346 e. The van der Waals surface area contributed by atoms with Gasteiger partial charge in [0.2, 0.25) is 5.91 Å². The Hall–Kier alpha value is -2.21. The quantitative estimate of drug-likeness (QED) is 0.835. The summed E-state index contributed by atoms with van der Waals surface area (Å²) in [5.41, 5.74) is 2.74. The second kappa shape index (κ2) is 8.03. The van der Waals surface area contributed by atoms with Gasteiger partial charge in [0.15, 0.2) is 5.82 Å². The van der Waals surface area contributed by atoms with Crippen LogP contribution in [0.25, 0.3) is 0 Å². The maximum Gasteiger partial charge on any atom is 0.223 e. The molecule has 1 aromatic heterocycles. The Kier molecular flexibility index (Phi) is 5.49. The molecule has 2 heterocycles. The molecule has 6 heteroatoms. The lowest BCUT2D eigenvalue weighted by Crippen LogP contribution is -2.31. The zero-order valence-electron chi connectivity index (χ0n) is 17.2. The number of hydrogen-bond acceptors (Lipinski definition) is 4. The van der Waals surface area contributed by atoms with Gasteiger partial charge in [0.05, 0.1) is 6.04 Å². The minimum Gasteiger partial charge on any atom is -0.346 e. The Morgan fingerprint density at radius 2 is 1.86 bits per heavy atom. The van der Waals surface area contributed by atoms with Crippen LogP contribution in [-0.4, -0.2) is 38.7 Å². The SMILES string of the molecule is CC(C)c1ccc(CN2CCc3nnc([C@@H](C)NC(=O)C4CC4)n3CC2)cc1. The fraction of sp³-hybridized carbons (Fsp3) is 0.591. The number of nitrogens with zero attached hydrogens (tertiary/aromatic N) is 4. The summed E-state index contributed by atoms with van der Waals surface area (Å²) in [5.74, 6) is 2.85. The standard InChI is InChI=1S/C22H31N5O/c1-15(2)18-6-4-17(5-7-18)14-26-11-10-20-24-25-21(27(20)13-12-26)16(3)23-22(28)19-8-9-19/h4-7,15-16,19H,8-14H2,1-3H3,(H,23,28)/t16-/m1/s1. The van der Waals surface area contributed by atoms with Crippen molar-refractivity contribution in [1.82, 2.24) is 25.0 Å². The lowest BCUT2D eigenvalue weighted by molar-refractivity contribution is -0.123. The zero-order chi connectivity index (χ0) is 19.7. The monoisotopic (exact) mass is 381 g/mol. The molecule has 1 aromatic carbocycles. The Balaban J connectivity index is 1.38. The van der Waals surface area contributed by atoms with Crippen LogP contribution in [0.3, 0.4) is 0 Å². The Labute approximate surface area is 167 Å². The van der Waals surface area contributed by atoms with Crippen LogP contribution >= 0.6 is 0 Å². The molecule has 150 valence electrons. The molecule has 1 N–H and O–H groups in total. The molecule has 1 aliphatic carbocycles. The molecule has 28 heavy (non-hydrogen) atoms. The van der Waals surface area contributed by atoms with E-state index in [-0.39, 0.29) is 17.9 Å². The number of hydrogen-bond donors (Lipinski definition) is 1. The normalized spacial score (nSPS) is 18.6. The summed E-state index contributed by atoms with van der Waals surface area (Å²) in [5, 5.41) is 11.9. The van der Waals surface area contributed by atoms with Gasteiger partial charge in [-0.15, -0.1) is 10.2 Å². The van der Waals surface area contributed by atoms with Crippen LogP contribution in [0.15, 0.2) is 24.3 Å². The Morgan fingerprint density at radius 3 is 2.54 bits per heavy atom. The molecule has 0 bridgehead atoms. The number of rotatable bonds is 6. The average molecular weight is 382 g/mol.